The van der Waals surface area contributed by atoms with Crippen LogP contribution in [0.3, 0.4) is 0 Å². The van der Waals surface area contributed by atoms with Crippen LogP contribution < -0.4 is 10.6 Å². The average molecular weight is 236 g/mol. The molecule has 2 amide bonds. The first kappa shape index (κ1) is 13.5. The summed E-state index contributed by atoms with van der Waals surface area (Å²) in [6.07, 6.45) is 1.42. The summed E-state index contributed by atoms with van der Waals surface area (Å²) in [4.78, 5) is 11.3. The number of hydrogen-bond donors (Lipinski definition) is 3. The van der Waals surface area contributed by atoms with E-state index in [9.17, 15) is 4.79 Å². The van der Waals surface area contributed by atoms with Gasteiger partial charge in [0.15, 0.2) is 0 Å². The standard InChI is InChI=1S/C13H20N2O2/c1-11-4-2-5-12(10-11)6-8-15-13(17)14-7-3-9-16/h2,4-5,10,16H,3,6-9H2,1H3,(H2,14,15,17). The molecule has 0 radical (unpaired) electrons. The number of hydrogen-bond acceptors (Lipinski definition) is 2. The second-order valence-electron chi connectivity index (χ2n) is 4.00. The molecular weight excluding hydrogens is 216 g/mol. The summed E-state index contributed by atoms with van der Waals surface area (Å²) >= 11 is 0. The Bertz CT molecular complexity index is 353. The van der Waals surface area contributed by atoms with Gasteiger partial charge in [0.05, 0.1) is 0 Å². The molecule has 0 saturated carbocycles. The average Bonchev–Trinajstić information content (AvgIpc) is 2.29. The second kappa shape index (κ2) is 7.68. The maximum Gasteiger partial charge on any atom is 0.314 e. The fourth-order valence-corrected chi connectivity index (χ4v) is 1.53. The third-order valence-corrected chi connectivity index (χ3v) is 2.40. The van der Waals surface area contributed by atoms with Gasteiger partial charge in [-0.25, -0.2) is 4.79 Å². The minimum absolute atomic E-state index is 0.101. The van der Waals surface area contributed by atoms with Crippen LogP contribution in [0, 0.1) is 6.92 Å². The van der Waals surface area contributed by atoms with Crippen molar-refractivity contribution < 1.29 is 9.90 Å². The highest BCUT2D eigenvalue weighted by Gasteiger charge is 1.98. The largest absolute Gasteiger partial charge is 0.396 e. The SMILES string of the molecule is Cc1cccc(CCNC(=O)NCCCO)c1. The van der Waals surface area contributed by atoms with E-state index in [2.05, 4.69) is 35.8 Å². The molecule has 94 valence electrons. The molecule has 1 rings (SSSR count). The van der Waals surface area contributed by atoms with E-state index in [1.54, 1.807) is 0 Å². The molecule has 0 bridgehead atoms. The minimum atomic E-state index is -0.175. The van der Waals surface area contributed by atoms with Crippen LogP contribution in [-0.4, -0.2) is 30.8 Å². The summed E-state index contributed by atoms with van der Waals surface area (Å²) in [7, 11) is 0. The molecule has 4 heteroatoms. The molecule has 0 spiro atoms. The highest BCUT2D eigenvalue weighted by molar-refractivity contribution is 5.73. The number of aliphatic hydroxyl groups excluding tert-OH is 1. The molecule has 1 aromatic carbocycles. The lowest BCUT2D eigenvalue weighted by Crippen LogP contribution is -2.37. The van der Waals surface area contributed by atoms with Gasteiger partial charge >= 0.3 is 6.03 Å². The number of carbonyl (C=O) groups is 1. The fraction of sp³-hybridized carbons (Fsp3) is 0.462. The van der Waals surface area contributed by atoms with Crippen LogP contribution in [0.5, 0.6) is 0 Å². The molecule has 0 aliphatic carbocycles. The van der Waals surface area contributed by atoms with E-state index < -0.39 is 0 Å². The number of amides is 2. The molecular formula is C13H20N2O2. The molecule has 1 aromatic rings. The van der Waals surface area contributed by atoms with E-state index in [-0.39, 0.29) is 12.6 Å². The summed E-state index contributed by atoms with van der Waals surface area (Å²) in [5, 5.41) is 14.0. The van der Waals surface area contributed by atoms with Crippen LogP contribution in [0.4, 0.5) is 4.79 Å². The Kier molecular flexibility index (Phi) is 6.10. The predicted molar refractivity (Wildman–Crippen MR) is 68.0 cm³/mol. The number of benzene rings is 1. The van der Waals surface area contributed by atoms with Crippen molar-refractivity contribution in [3.05, 3.63) is 35.4 Å². The second-order valence-corrected chi connectivity index (χ2v) is 4.00. The van der Waals surface area contributed by atoms with Gasteiger partial charge < -0.3 is 15.7 Å². The zero-order valence-corrected chi connectivity index (χ0v) is 10.2. The molecule has 4 nitrogen and oxygen atoms in total. The lowest BCUT2D eigenvalue weighted by molar-refractivity contribution is 0.238. The number of urea groups is 1. The molecule has 0 heterocycles. The van der Waals surface area contributed by atoms with Gasteiger partial charge in [-0.2, -0.15) is 0 Å². The van der Waals surface area contributed by atoms with Crippen molar-refractivity contribution in [2.75, 3.05) is 19.7 Å². The van der Waals surface area contributed by atoms with E-state index in [1.807, 2.05) is 6.07 Å². The molecule has 0 saturated heterocycles. The summed E-state index contributed by atoms with van der Waals surface area (Å²) in [5.41, 5.74) is 2.45. The highest BCUT2D eigenvalue weighted by atomic mass is 16.3. The lowest BCUT2D eigenvalue weighted by atomic mass is 10.1. The zero-order valence-electron chi connectivity index (χ0n) is 10.2. The quantitative estimate of drug-likeness (QED) is 0.650. The minimum Gasteiger partial charge on any atom is -0.396 e. The maximum absolute atomic E-state index is 11.3. The predicted octanol–water partition coefficient (Wildman–Crippen LogP) is 1.22. The third kappa shape index (κ3) is 5.92. The van der Waals surface area contributed by atoms with E-state index in [0.29, 0.717) is 19.5 Å². The van der Waals surface area contributed by atoms with Gasteiger partial charge in [0, 0.05) is 19.7 Å². The van der Waals surface area contributed by atoms with Crippen LogP contribution in [0.15, 0.2) is 24.3 Å². The van der Waals surface area contributed by atoms with Crippen LogP contribution in [0.1, 0.15) is 17.5 Å². The smallest absolute Gasteiger partial charge is 0.314 e. The molecule has 0 aromatic heterocycles. The number of nitrogens with one attached hydrogen (secondary N) is 2. The van der Waals surface area contributed by atoms with Gasteiger partial charge in [0.2, 0.25) is 0 Å². The van der Waals surface area contributed by atoms with Crippen LogP contribution >= 0.6 is 0 Å². The van der Waals surface area contributed by atoms with Crippen molar-refractivity contribution in [3.63, 3.8) is 0 Å². The van der Waals surface area contributed by atoms with Crippen molar-refractivity contribution in [1.82, 2.24) is 10.6 Å². The summed E-state index contributed by atoms with van der Waals surface area (Å²) in [6.45, 7) is 3.28. The van der Waals surface area contributed by atoms with E-state index in [0.717, 1.165) is 6.42 Å². The third-order valence-electron chi connectivity index (χ3n) is 2.40. The Balaban J connectivity index is 2.17. The van der Waals surface area contributed by atoms with Gasteiger partial charge in [-0.1, -0.05) is 29.8 Å². The molecule has 0 fully saturated rings. The van der Waals surface area contributed by atoms with E-state index in [1.165, 1.54) is 11.1 Å². The van der Waals surface area contributed by atoms with Crippen LogP contribution in [0.2, 0.25) is 0 Å². The Morgan fingerprint density at radius 1 is 1.29 bits per heavy atom. The topological polar surface area (TPSA) is 61.4 Å². The van der Waals surface area contributed by atoms with E-state index in [4.69, 9.17) is 5.11 Å². The Morgan fingerprint density at radius 2 is 2.06 bits per heavy atom. The van der Waals surface area contributed by atoms with Crippen molar-refractivity contribution in [2.24, 2.45) is 0 Å². The van der Waals surface area contributed by atoms with Gasteiger partial charge in [-0.3, -0.25) is 0 Å². The van der Waals surface area contributed by atoms with Gasteiger partial charge in [0.25, 0.3) is 0 Å². The van der Waals surface area contributed by atoms with Crippen LogP contribution in [-0.2, 0) is 6.42 Å². The van der Waals surface area contributed by atoms with Crippen molar-refractivity contribution >= 4 is 6.03 Å². The lowest BCUT2D eigenvalue weighted by Gasteiger charge is -2.07. The molecule has 0 aliphatic heterocycles. The first-order valence-corrected chi connectivity index (χ1v) is 5.90. The molecule has 17 heavy (non-hydrogen) atoms. The Morgan fingerprint density at radius 3 is 2.76 bits per heavy atom. The maximum atomic E-state index is 11.3. The Labute approximate surface area is 102 Å². The molecule has 0 atom stereocenters. The number of carbonyl (C=O) groups excluding carboxylic acids is 1. The van der Waals surface area contributed by atoms with Crippen LogP contribution in [0.25, 0.3) is 0 Å². The first-order valence-electron chi connectivity index (χ1n) is 5.90. The number of rotatable bonds is 6. The van der Waals surface area contributed by atoms with Crippen molar-refractivity contribution in [3.8, 4) is 0 Å². The normalized spacial score (nSPS) is 10.0. The Hall–Kier alpha value is -1.55. The molecule has 3 N–H and O–H groups in total. The van der Waals surface area contributed by atoms with Gasteiger partial charge in [-0.05, 0) is 25.3 Å². The highest BCUT2D eigenvalue weighted by Crippen LogP contribution is 2.03. The molecule has 0 aliphatic rings. The first-order chi connectivity index (χ1) is 8.22. The van der Waals surface area contributed by atoms with Gasteiger partial charge in [-0.15, -0.1) is 0 Å². The van der Waals surface area contributed by atoms with Crippen molar-refractivity contribution in [2.45, 2.75) is 19.8 Å². The number of aliphatic hydroxyl groups is 1. The summed E-state index contributed by atoms with van der Waals surface area (Å²) < 4.78 is 0. The monoisotopic (exact) mass is 236 g/mol. The van der Waals surface area contributed by atoms with E-state index >= 15 is 0 Å². The molecule has 0 unspecified atom stereocenters. The van der Waals surface area contributed by atoms with Crippen molar-refractivity contribution in [1.29, 1.82) is 0 Å². The summed E-state index contributed by atoms with van der Waals surface area (Å²) in [6, 6.07) is 8.07. The number of aryl methyl sites for hydroxylation is 1. The zero-order chi connectivity index (χ0) is 12.5. The fourth-order valence-electron chi connectivity index (χ4n) is 1.53. The van der Waals surface area contributed by atoms with Gasteiger partial charge in [0.1, 0.15) is 0 Å². The summed E-state index contributed by atoms with van der Waals surface area (Å²) in [5.74, 6) is 0.